The minimum atomic E-state index is -2.73. The lowest BCUT2D eigenvalue weighted by Gasteiger charge is -2.31. The van der Waals surface area contributed by atoms with Crippen molar-refractivity contribution in [1.82, 2.24) is 0 Å². The molecule has 0 aromatic carbocycles. The Hall–Kier alpha value is -0.360. The number of ether oxygens (including phenoxy) is 2. The van der Waals surface area contributed by atoms with Crippen LogP contribution in [-0.2, 0) is 9.47 Å². The van der Waals surface area contributed by atoms with Gasteiger partial charge in [0.25, 0.3) is 11.8 Å². The van der Waals surface area contributed by atoms with Crippen molar-refractivity contribution in [3.63, 3.8) is 0 Å². The summed E-state index contributed by atoms with van der Waals surface area (Å²) in [5, 5.41) is 0. The molecule has 0 fully saturated rings. The van der Waals surface area contributed by atoms with E-state index in [0.717, 1.165) is 6.92 Å². The molecule has 2 nitrogen and oxygen atoms in total. The molecule has 120 valence electrons. The zero-order valence-electron chi connectivity index (χ0n) is 13.2. The smallest absolute Gasteiger partial charge is 0.275 e. The summed E-state index contributed by atoms with van der Waals surface area (Å²) in [6, 6.07) is 0. The quantitative estimate of drug-likeness (QED) is 0.679. The lowest BCUT2D eigenvalue weighted by atomic mass is 9.98. The van der Waals surface area contributed by atoms with Gasteiger partial charge < -0.3 is 9.47 Å². The van der Waals surface area contributed by atoms with Crippen LogP contribution < -0.4 is 0 Å². The highest BCUT2D eigenvalue weighted by atomic mass is 19.3. The Morgan fingerprint density at radius 1 is 0.895 bits per heavy atom. The van der Waals surface area contributed by atoms with Gasteiger partial charge in [0, 0.05) is 27.6 Å². The second kappa shape index (κ2) is 10.4. The van der Waals surface area contributed by atoms with Crippen molar-refractivity contribution in [2.45, 2.75) is 65.4 Å². The Labute approximate surface area is 114 Å². The van der Waals surface area contributed by atoms with Gasteiger partial charge in [-0.05, 0) is 13.8 Å². The second-order valence-corrected chi connectivity index (χ2v) is 4.28. The van der Waals surface area contributed by atoms with E-state index in [1.165, 1.54) is 35.0 Å². The summed E-state index contributed by atoms with van der Waals surface area (Å²) in [5.41, 5.74) is -1.35. The molecule has 0 rings (SSSR count). The minimum absolute atomic E-state index is 0.187. The van der Waals surface area contributed by atoms with Crippen molar-refractivity contribution in [1.29, 1.82) is 0 Å². The van der Waals surface area contributed by atoms with E-state index >= 15 is 0 Å². The summed E-state index contributed by atoms with van der Waals surface area (Å²) < 4.78 is 57.6. The molecular formula is C13H28F4O2. The molecule has 6 heteroatoms. The lowest BCUT2D eigenvalue weighted by Crippen LogP contribution is -2.43. The van der Waals surface area contributed by atoms with Crippen molar-refractivity contribution in [2.75, 3.05) is 20.8 Å². The molecule has 0 aliphatic rings. The van der Waals surface area contributed by atoms with Crippen molar-refractivity contribution >= 4 is 0 Å². The number of halogens is 4. The van der Waals surface area contributed by atoms with Gasteiger partial charge in [-0.25, -0.2) is 17.6 Å². The maximum atomic E-state index is 12.8. The SMILES string of the molecule is CC.CCC(F)(F)C(C)(C)OC.COCC(C)(F)F. The van der Waals surface area contributed by atoms with E-state index in [2.05, 4.69) is 9.47 Å². The first-order valence-electron chi connectivity index (χ1n) is 6.23. The molecule has 0 aliphatic heterocycles. The van der Waals surface area contributed by atoms with Crippen LogP contribution in [0.2, 0.25) is 0 Å². The van der Waals surface area contributed by atoms with E-state index < -0.39 is 24.1 Å². The van der Waals surface area contributed by atoms with Crippen LogP contribution in [0.3, 0.4) is 0 Å². The summed E-state index contributed by atoms with van der Waals surface area (Å²) in [7, 11) is 2.54. The van der Waals surface area contributed by atoms with E-state index in [-0.39, 0.29) is 6.42 Å². The van der Waals surface area contributed by atoms with Gasteiger partial charge in [0.1, 0.15) is 12.2 Å². The zero-order valence-corrected chi connectivity index (χ0v) is 13.2. The average molecular weight is 292 g/mol. The van der Waals surface area contributed by atoms with Gasteiger partial charge in [-0.15, -0.1) is 0 Å². The van der Waals surface area contributed by atoms with Gasteiger partial charge in [-0.3, -0.25) is 0 Å². The standard InChI is InChI=1S/C7H14F2O.C4H8F2O.C2H6/c1-5-7(8,9)6(2,3)10-4;1-4(5,6)3-7-2;1-2/h5H2,1-4H3;3H2,1-2H3;1-2H3. The van der Waals surface area contributed by atoms with Gasteiger partial charge in [-0.2, -0.15) is 0 Å². The first kappa shape index (κ1) is 23.7. The molecule has 19 heavy (non-hydrogen) atoms. The predicted octanol–water partition coefficient (Wildman–Crippen LogP) is 4.77. The van der Waals surface area contributed by atoms with Gasteiger partial charge in [-0.1, -0.05) is 20.8 Å². The van der Waals surface area contributed by atoms with Crippen LogP contribution >= 0.6 is 0 Å². The molecule has 0 radical (unpaired) electrons. The molecule has 0 saturated carbocycles. The Bertz CT molecular complexity index is 187. The molecule has 0 amide bonds. The molecule has 0 saturated heterocycles. The molecule has 0 bridgehead atoms. The highest BCUT2D eigenvalue weighted by Crippen LogP contribution is 2.33. The van der Waals surface area contributed by atoms with Crippen LogP contribution in [-0.4, -0.2) is 38.3 Å². The van der Waals surface area contributed by atoms with Crippen LogP contribution in [0.4, 0.5) is 17.6 Å². The molecule has 0 aromatic heterocycles. The minimum Gasteiger partial charge on any atom is -0.378 e. The third-order valence-corrected chi connectivity index (χ3v) is 2.23. The topological polar surface area (TPSA) is 18.5 Å². The second-order valence-electron chi connectivity index (χ2n) is 4.28. The highest BCUT2D eigenvalue weighted by Gasteiger charge is 2.45. The van der Waals surface area contributed by atoms with Crippen molar-refractivity contribution in [3.8, 4) is 0 Å². The summed E-state index contributed by atoms with van der Waals surface area (Å²) in [4.78, 5) is 0. The molecule has 0 heterocycles. The number of alkyl halides is 4. The average Bonchev–Trinajstić information content (AvgIpc) is 2.30. The molecule has 0 unspecified atom stereocenters. The molecule has 0 N–H and O–H groups in total. The van der Waals surface area contributed by atoms with Gasteiger partial charge >= 0.3 is 0 Å². The van der Waals surface area contributed by atoms with Crippen LogP contribution in [0.25, 0.3) is 0 Å². The van der Waals surface area contributed by atoms with Crippen molar-refractivity contribution in [3.05, 3.63) is 0 Å². The molecule has 0 aromatic rings. The maximum absolute atomic E-state index is 12.8. The normalized spacial score (nSPS) is 12.0. The molecular weight excluding hydrogens is 264 g/mol. The number of rotatable bonds is 5. The largest absolute Gasteiger partial charge is 0.378 e. The third-order valence-electron chi connectivity index (χ3n) is 2.23. The summed E-state index contributed by atoms with van der Waals surface area (Å²) >= 11 is 0. The van der Waals surface area contributed by atoms with Gasteiger partial charge in [0.15, 0.2) is 0 Å². The first-order chi connectivity index (χ1) is 8.43. The fourth-order valence-corrected chi connectivity index (χ4v) is 0.828. The van der Waals surface area contributed by atoms with Gasteiger partial charge in [0.2, 0.25) is 0 Å². The summed E-state index contributed by atoms with van der Waals surface area (Å²) in [6.45, 7) is 8.54. The van der Waals surface area contributed by atoms with Gasteiger partial charge in [0.05, 0.1) is 0 Å². The zero-order chi connectivity index (χ0) is 16.3. The fraction of sp³-hybridized carbons (Fsp3) is 1.00. The number of methoxy groups -OCH3 is 2. The maximum Gasteiger partial charge on any atom is 0.275 e. The number of hydrogen-bond acceptors (Lipinski definition) is 2. The highest BCUT2D eigenvalue weighted by molar-refractivity contribution is 4.85. The lowest BCUT2D eigenvalue weighted by molar-refractivity contribution is -0.178. The Morgan fingerprint density at radius 2 is 1.26 bits per heavy atom. The summed E-state index contributed by atoms with van der Waals surface area (Å²) in [6.07, 6.45) is -0.187. The number of hydrogen-bond donors (Lipinski definition) is 0. The van der Waals surface area contributed by atoms with Crippen LogP contribution in [0.15, 0.2) is 0 Å². The Balaban J connectivity index is -0.000000249. The summed E-state index contributed by atoms with van der Waals surface area (Å²) in [5.74, 6) is -5.41. The molecule has 0 spiro atoms. The first-order valence-corrected chi connectivity index (χ1v) is 6.23. The van der Waals surface area contributed by atoms with E-state index in [4.69, 9.17) is 0 Å². The van der Waals surface area contributed by atoms with Crippen LogP contribution in [0, 0.1) is 0 Å². The van der Waals surface area contributed by atoms with E-state index in [9.17, 15) is 17.6 Å². The Morgan fingerprint density at radius 3 is 1.32 bits per heavy atom. The predicted molar refractivity (Wildman–Crippen MR) is 70.2 cm³/mol. The van der Waals surface area contributed by atoms with E-state index in [0.29, 0.717) is 0 Å². The molecule has 0 atom stereocenters. The monoisotopic (exact) mass is 292 g/mol. The van der Waals surface area contributed by atoms with Crippen LogP contribution in [0.5, 0.6) is 0 Å². The van der Waals surface area contributed by atoms with Crippen molar-refractivity contribution in [2.24, 2.45) is 0 Å². The molecule has 0 aliphatic carbocycles. The van der Waals surface area contributed by atoms with Crippen LogP contribution in [0.1, 0.15) is 48.0 Å². The van der Waals surface area contributed by atoms with E-state index in [1.807, 2.05) is 13.8 Å². The Kier molecular flexibility index (Phi) is 13.0. The fourth-order valence-electron chi connectivity index (χ4n) is 0.828. The van der Waals surface area contributed by atoms with Crippen molar-refractivity contribution < 1.29 is 27.0 Å². The third kappa shape index (κ3) is 12.4. The van der Waals surface area contributed by atoms with E-state index in [1.54, 1.807) is 0 Å².